The van der Waals surface area contributed by atoms with E-state index in [2.05, 4.69) is 5.16 Å². The molecule has 0 N–H and O–H groups in total. The third-order valence-electron chi connectivity index (χ3n) is 6.02. The van der Waals surface area contributed by atoms with Crippen molar-refractivity contribution in [3.05, 3.63) is 111 Å². The van der Waals surface area contributed by atoms with Crippen LogP contribution >= 0.6 is 23.2 Å². The molecule has 0 spiro atoms. The average molecular weight is 481 g/mol. The van der Waals surface area contributed by atoms with Gasteiger partial charge in [-0.2, -0.15) is 0 Å². The molecule has 7 heteroatoms. The number of amides is 1. The first-order chi connectivity index (χ1) is 16.0. The normalized spacial score (nSPS) is 15.4. The maximum atomic E-state index is 15.0. The number of carbonyl (C=O) groups is 1. The predicted octanol–water partition coefficient (Wildman–Crippen LogP) is 6.88. The van der Waals surface area contributed by atoms with Crippen LogP contribution in [-0.4, -0.2) is 22.5 Å². The fraction of sp³-hybridized carbons (Fsp3) is 0.154. The molecule has 1 atom stereocenters. The summed E-state index contributed by atoms with van der Waals surface area (Å²) in [7, 11) is 0. The number of rotatable bonds is 3. The molecule has 166 valence electrons. The molecule has 0 aliphatic carbocycles. The Kier molecular flexibility index (Phi) is 5.69. The van der Waals surface area contributed by atoms with Crippen molar-refractivity contribution in [2.75, 3.05) is 6.54 Å². The molecular formula is C26H19Cl2FN2O2. The van der Waals surface area contributed by atoms with Crippen molar-refractivity contribution < 1.29 is 13.7 Å². The van der Waals surface area contributed by atoms with Crippen LogP contribution in [-0.2, 0) is 6.42 Å². The monoisotopic (exact) mass is 480 g/mol. The second kappa shape index (κ2) is 8.65. The lowest BCUT2D eigenvalue weighted by Crippen LogP contribution is -2.41. The molecule has 2 heterocycles. The Morgan fingerprint density at radius 1 is 1.00 bits per heavy atom. The molecule has 0 fully saturated rings. The van der Waals surface area contributed by atoms with E-state index in [1.54, 1.807) is 48.2 Å². The Morgan fingerprint density at radius 3 is 2.39 bits per heavy atom. The van der Waals surface area contributed by atoms with Gasteiger partial charge < -0.3 is 9.42 Å². The maximum absolute atomic E-state index is 15.0. The van der Waals surface area contributed by atoms with Gasteiger partial charge in [0.25, 0.3) is 5.91 Å². The topological polar surface area (TPSA) is 46.3 Å². The van der Waals surface area contributed by atoms with Gasteiger partial charge in [-0.15, -0.1) is 0 Å². The van der Waals surface area contributed by atoms with Crippen LogP contribution in [0.1, 0.15) is 38.9 Å². The summed E-state index contributed by atoms with van der Waals surface area (Å²) < 4.78 is 20.4. The Labute approximate surface area is 200 Å². The zero-order valence-corrected chi connectivity index (χ0v) is 19.2. The average Bonchev–Trinajstić information content (AvgIpc) is 3.19. The molecule has 0 bridgehead atoms. The van der Waals surface area contributed by atoms with E-state index in [1.807, 2.05) is 24.3 Å². The number of benzene rings is 3. The van der Waals surface area contributed by atoms with E-state index in [4.69, 9.17) is 27.7 Å². The van der Waals surface area contributed by atoms with E-state index < -0.39 is 6.04 Å². The number of hydrogen-bond donors (Lipinski definition) is 0. The SMILES string of the molecule is Cc1onc(-c2c(Cl)cccc2Cl)c1C(=O)N1CCc2ccccc2[C@@H]1c1ccccc1F. The lowest BCUT2D eigenvalue weighted by atomic mass is 9.87. The first kappa shape index (κ1) is 21.7. The molecule has 1 aliphatic rings. The molecule has 0 saturated carbocycles. The molecule has 0 unspecified atom stereocenters. The third kappa shape index (κ3) is 3.71. The Morgan fingerprint density at radius 2 is 1.67 bits per heavy atom. The van der Waals surface area contributed by atoms with Crippen LogP contribution in [0.4, 0.5) is 4.39 Å². The minimum absolute atomic E-state index is 0.269. The lowest BCUT2D eigenvalue weighted by molar-refractivity contribution is 0.0691. The summed E-state index contributed by atoms with van der Waals surface area (Å²) in [5.74, 6) is -0.340. The zero-order chi connectivity index (χ0) is 23.1. The largest absolute Gasteiger partial charge is 0.360 e. The number of nitrogens with zero attached hydrogens (tertiary/aromatic N) is 2. The van der Waals surface area contributed by atoms with Crippen molar-refractivity contribution in [3.8, 4) is 11.3 Å². The highest BCUT2D eigenvalue weighted by Crippen LogP contribution is 2.41. The fourth-order valence-electron chi connectivity index (χ4n) is 4.48. The van der Waals surface area contributed by atoms with Gasteiger partial charge in [-0.25, -0.2) is 4.39 Å². The van der Waals surface area contributed by atoms with Gasteiger partial charge in [-0.05, 0) is 42.7 Å². The minimum Gasteiger partial charge on any atom is -0.360 e. The third-order valence-corrected chi connectivity index (χ3v) is 6.65. The van der Waals surface area contributed by atoms with E-state index in [1.165, 1.54) is 6.07 Å². The lowest BCUT2D eigenvalue weighted by Gasteiger charge is -2.38. The Bertz CT molecular complexity index is 1350. The number of fused-ring (bicyclic) bond motifs is 1. The molecule has 3 aromatic carbocycles. The standard InChI is InChI=1S/C26H19Cl2FN2O2/c1-15-22(24(30-33-15)23-19(27)10-6-11-20(23)28)26(32)31-14-13-16-7-2-3-8-17(16)25(31)18-9-4-5-12-21(18)29/h2-12,25H,13-14H2,1H3/t25-/m1/s1. The van der Waals surface area contributed by atoms with Crippen LogP contribution in [0.2, 0.25) is 10.0 Å². The summed E-state index contributed by atoms with van der Waals surface area (Å²) >= 11 is 12.8. The van der Waals surface area contributed by atoms with E-state index in [0.29, 0.717) is 39.9 Å². The van der Waals surface area contributed by atoms with Gasteiger partial charge in [0.05, 0.1) is 16.1 Å². The molecule has 1 aromatic heterocycles. The highest BCUT2D eigenvalue weighted by atomic mass is 35.5. The summed E-state index contributed by atoms with van der Waals surface area (Å²) in [4.78, 5) is 15.7. The van der Waals surface area contributed by atoms with Crippen molar-refractivity contribution in [1.82, 2.24) is 10.1 Å². The van der Waals surface area contributed by atoms with Gasteiger partial charge >= 0.3 is 0 Å². The zero-order valence-electron chi connectivity index (χ0n) is 17.7. The second-order valence-corrected chi connectivity index (χ2v) is 8.74. The van der Waals surface area contributed by atoms with E-state index >= 15 is 0 Å². The van der Waals surface area contributed by atoms with Gasteiger partial charge in [0, 0.05) is 17.7 Å². The molecule has 0 saturated heterocycles. The van der Waals surface area contributed by atoms with Gasteiger partial charge in [-0.1, -0.05) is 76.9 Å². The number of halogens is 3. The molecule has 1 amide bonds. The van der Waals surface area contributed by atoms with Crippen LogP contribution in [0.15, 0.2) is 71.3 Å². The Hall–Kier alpha value is -3.15. The Balaban J connectivity index is 1.67. The molecule has 33 heavy (non-hydrogen) atoms. The predicted molar refractivity (Wildman–Crippen MR) is 126 cm³/mol. The minimum atomic E-state index is -0.590. The van der Waals surface area contributed by atoms with Gasteiger partial charge in [0.15, 0.2) is 0 Å². The van der Waals surface area contributed by atoms with Crippen LogP contribution in [0.3, 0.4) is 0 Å². The van der Waals surface area contributed by atoms with Crippen LogP contribution in [0.5, 0.6) is 0 Å². The first-order valence-corrected chi connectivity index (χ1v) is 11.3. The van der Waals surface area contributed by atoms with Crippen molar-refractivity contribution >= 4 is 29.1 Å². The fourth-order valence-corrected chi connectivity index (χ4v) is 5.06. The first-order valence-electron chi connectivity index (χ1n) is 10.5. The van der Waals surface area contributed by atoms with E-state index in [9.17, 15) is 9.18 Å². The van der Waals surface area contributed by atoms with Crippen molar-refractivity contribution in [2.45, 2.75) is 19.4 Å². The number of aromatic nitrogens is 1. The van der Waals surface area contributed by atoms with Crippen molar-refractivity contribution in [2.24, 2.45) is 0 Å². The van der Waals surface area contributed by atoms with Crippen molar-refractivity contribution in [3.63, 3.8) is 0 Å². The maximum Gasteiger partial charge on any atom is 0.260 e. The van der Waals surface area contributed by atoms with Gasteiger partial charge in [-0.3, -0.25) is 4.79 Å². The molecule has 4 aromatic rings. The highest BCUT2D eigenvalue weighted by Gasteiger charge is 2.37. The van der Waals surface area contributed by atoms with Crippen LogP contribution < -0.4 is 0 Å². The molecule has 4 nitrogen and oxygen atoms in total. The van der Waals surface area contributed by atoms with E-state index in [-0.39, 0.29) is 23.0 Å². The summed E-state index contributed by atoms with van der Waals surface area (Å²) in [6, 6.07) is 18.9. The second-order valence-electron chi connectivity index (χ2n) is 7.93. The molecular weight excluding hydrogens is 462 g/mol. The summed E-state index contributed by atoms with van der Waals surface area (Å²) in [5, 5.41) is 4.84. The van der Waals surface area contributed by atoms with E-state index in [0.717, 1.165) is 11.1 Å². The molecule has 0 radical (unpaired) electrons. The smallest absolute Gasteiger partial charge is 0.260 e. The van der Waals surface area contributed by atoms with Gasteiger partial charge in [0.1, 0.15) is 22.8 Å². The molecule has 5 rings (SSSR count). The number of aryl methyl sites for hydroxylation is 1. The van der Waals surface area contributed by atoms with Crippen LogP contribution in [0.25, 0.3) is 11.3 Å². The molecule has 1 aliphatic heterocycles. The van der Waals surface area contributed by atoms with Crippen molar-refractivity contribution in [1.29, 1.82) is 0 Å². The number of hydrogen-bond acceptors (Lipinski definition) is 3. The van der Waals surface area contributed by atoms with Gasteiger partial charge in [0.2, 0.25) is 0 Å². The highest BCUT2D eigenvalue weighted by molar-refractivity contribution is 6.39. The number of carbonyl (C=O) groups excluding carboxylic acids is 1. The summed E-state index contributed by atoms with van der Waals surface area (Å²) in [6.45, 7) is 2.08. The summed E-state index contributed by atoms with van der Waals surface area (Å²) in [6.07, 6.45) is 0.652. The quantitative estimate of drug-likeness (QED) is 0.320. The van der Waals surface area contributed by atoms with Crippen LogP contribution in [0, 0.1) is 12.7 Å². The summed E-state index contributed by atoms with van der Waals surface area (Å²) in [5.41, 5.74) is 3.40.